The molecule has 1 aromatic rings. The number of carbonyl (C=O) groups is 1. The summed E-state index contributed by atoms with van der Waals surface area (Å²) in [5, 5.41) is 8.91. The van der Waals surface area contributed by atoms with Gasteiger partial charge < -0.3 is 10.0 Å². The zero-order valence-corrected chi connectivity index (χ0v) is 11.4. The third-order valence-corrected chi connectivity index (χ3v) is 4.49. The number of thioether (sulfide) groups is 1. The summed E-state index contributed by atoms with van der Waals surface area (Å²) in [6.45, 7) is 4.72. The number of nitrogens with zero attached hydrogens (tertiary/aromatic N) is 1. The molecule has 0 saturated carbocycles. The highest BCUT2D eigenvalue weighted by molar-refractivity contribution is 7.99. The quantitative estimate of drug-likeness (QED) is 0.802. The fourth-order valence-corrected chi connectivity index (χ4v) is 3.05. The van der Waals surface area contributed by atoms with Crippen LogP contribution in [0.2, 0.25) is 0 Å². The molecular formula is C14H19NO2S. The molecule has 1 atom stereocenters. The average Bonchev–Trinajstić information content (AvgIpc) is 2.32. The van der Waals surface area contributed by atoms with Gasteiger partial charge in [-0.25, -0.2) is 0 Å². The van der Waals surface area contributed by atoms with Gasteiger partial charge in [0.2, 0.25) is 0 Å². The van der Waals surface area contributed by atoms with Crippen molar-refractivity contribution < 1.29 is 9.90 Å². The fraction of sp³-hybridized carbons (Fsp3) is 0.500. The Bertz CT molecular complexity index is 390. The molecular weight excluding hydrogens is 246 g/mol. The summed E-state index contributed by atoms with van der Waals surface area (Å²) in [5.74, 6) is 0.531. The van der Waals surface area contributed by atoms with Crippen LogP contribution in [0.25, 0.3) is 0 Å². The second kappa shape index (κ2) is 6.25. The number of carboxylic acids is 1. The molecule has 0 amide bonds. The molecule has 1 fully saturated rings. The van der Waals surface area contributed by atoms with Crippen molar-refractivity contribution in [3.63, 3.8) is 0 Å². The lowest BCUT2D eigenvalue weighted by Gasteiger charge is -2.41. The average molecular weight is 265 g/mol. The van der Waals surface area contributed by atoms with Crippen molar-refractivity contribution in [1.82, 2.24) is 4.90 Å². The number of benzene rings is 1. The van der Waals surface area contributed by atoms with Crippen LogP contribution in [-0.2, 0) is 4.79 Å². The van der Waals surface area contributed by atoms with Crippen molar-refractivity contribution in [3.8, 4) is 0 Å². The van der Waals surface area contributed by atoms with E-state index < -0.39 is 5.97 Å². The van der Waals surface area contributed by atoms with Gasteiger partial charge in [0.05, 0.1) is 5.92 Å². The Balaban J connectivity index is 1.62. The Morgan fingerprint density at radius 3 is 2.72 bits per heavy atom. The second-order valence-corrected chi connectivity index (χ2v) is 5.98. The molecule has 1 aliphatic rings. The summed E-state index contributed by atoms with van der Waals surface area (Å²) in [6.07, 6.45) is 0. The van der Waals surface area contributed by atoms with Crippen LogP contribution in [0.3, 0.4) is 0 Å². The van der Waals surface area contributed by atoms with Crippen LogP contribution in [0.15, 0.2) is 35.2 Å². The lowest BCUT2D eigenvalue weighted by molar-refractivity contribution is -0.145. The largest absolute Gasteiger partial charge is 0.481 e. The van der Waals surface area contributed by atoms with Crippen molar-refractivity contribution in [1.29, 1.82) is 0 Å². The zero-order valence-electron chi connectivity index (χ0n) is 10.6. The number of aliphatic carboxylic acids is 1. The number of carboxylic acid groups (broad SMARTS) is 1. The molecule has 0 aliphatic carbocycles. The molecule has 4 heteroatoms. The van der Waals surface area contributed by atoms with E-state index in [0.29, 0.717) is 5.92 Å². The Morgan fingerprint density at radius 1 is 1.44 bits per heavy atom. The van der Waals surface area contributed by atoms with Gasteiger partial charge in [-0.2, -0.15) is 0 Å². The van der Waals surface area contributed by atoms with Gasteiger partial charge in [0.25, 0.3) is 0 Å². The highest BCUT2D eigenvalue weighted by Gasteiger charge is 2.33. The molecule has 98 valence electrons. The zero-order chi connectivity index (χ0) is 13.0. The molecule has 1 unspecified atom stereocenters. The van der Waals surface area contributed by atoms with Gasteiger partial charge in [-0.05, 0) is 18.1 Å². The maximum Gasteiger partial charge on any atom is 0.306 e. The molecule has 1 saturated heterocycles. The van der Waals surface area contributed by atoms with Gasteiger partial charge >= 0.3 is 5.97 Å². The minimum atomic E-state index is -0.668. The normalized spacial score (nSPS) is 18.3. The van der Waals surface area contributed by atoms with E-state index in [2.05, 4.69) is 29.2 Å². The lowest BCUT2D eigenvalue weighted by Crippen LogP contribution is -2.51. The minimum Gasteiger partial charge on any atom is -0.481 e. The van der Waals surface area contributed by atoms with E-state index in [1.807, 2.05) is 24.8 Å². The first-order chi connectivity index (χ1) is 8.66. The molecule has 0 bridgehead atoms. The molecule has 0 spiro atoms. The topological polar surface area (TPSA) is 40.5 Å². The molecule has 2 rings (SSSR count). The molecule has 1 aliphatic heterocycles. The first-order valence-corrected chi connectivity index (χ1v) is 7.28. The molecule has 0 radical (unpaired) electrons. The van der Waals surface area contributed by atoms with Crippen LogP contribution in [0, 0.1) is 11.8 Å². The number of hydrogen-bond acceptors (Lipinski definition) is 3. The Hall–Kier alpha value is -1.00. The molecule has 0 aromatic heterocycles. The van der Waals surface area contributed by atoms with Crippen LogP contribution >= 0.6 is 11.8 Å². The van der Waals surface area contributed by atoms with Gasteiger partial charge in [0.15, 0.2) is 0 Å². The summed E-state index contributed by atoms with van der Waals surface area (Å²) >= 11 is 1.86. The highest BCUT2D eigenvalue weighted by atomic mass is 32.2. The maximum absolute atomic E-state index is 10.8. The third kappa shape index (κ3) is 3.50. The first-order valence-electron chi connectivity index (χ1n) is 6.30. The van der Waals surface area contributed by atoms with Crippen LogP contribution in [-0.4, -0.2) is 41.4 Å². The fourth-order valence-electron chi connectivity index (χ4n) is 2.12. The first kappa shape index (κ1) is 13.4. The highest BCUT2D eigenvalue weighted by Crippen LogP contribution is 2.25. The van der Waals surface area contributed by atoms with Crippen LogP contribution in [0.4, 0.5) is 0 Å². The lowest BCUT2D eigenvalue weighted by atomic mass is 9.87. The van der Waals surface area contributed by atoms with Crippen LogP contribution in [0.1, 0.15) is 6.92 Å². The van der Waals surface area contributed by atoms with E-state index >= 15 is 0 Å². The van der Waals surface area contributed by atoms with Crippen molar-refractivity contribution in [2.75, 3.05) is 25.4 Å². The van der Waals surface area contributed by atoms with Crippen molar-refractivity contribution in [2.45, 2.75) is 11.8 Å². The second-order valence-electron chi connectivity index (χ2n) is 4.81. The molecule has 3 nitrogen and oxygen atoms in total. The van der Waals surface area contributed by atoms with Crippen molar-refractivity contribution in [2.24, 2.45) is 11.8 Å². The molecule has 1 N–H and O–H groups in total. The van der Waals surface area contributed by atoms with Crippen molar-refractivity contribution >= 4 is 17.7 Å². The predicted octanol–water partition coefficient (Wildman–Crippen LogP) is 2.43. The predicted molar refractivity (Wildman–Crippen MR) is 73.9 cm³/mol. The van der Waals surface area contributed by atoms with E-state index in [9.17, 15) is 4.79 Å². The number of rotatable bonds is 6. The maximum atomic E-state index is 10.8. The van der Waals surface area contributed by atoms with E-state index in [1.54, 1.807) is 0 Å². The molecule has 1 aromatic carbocycles. The summed E-state index contributed by atoms with van der Waals surface area (Å²) in [7, 11) is 0. The summed E-state index contributed by atoms with van der Waals surface area (Å²) < 4.78 is 0. The van der Waals surface area contributed by atoms with Crippen LogP contribution in [0.5, 0.6) is 0 Å². The van der Waals surface area contributed by atoms with Gasteiger partial charge in [-0.3, -0.25) is 4.79 Å². The van der Waals surface area contributed by atoms with E-state index in [1.165, 1.54) is 4.90 Å². The van der Waals surface area contributed by atoms with Crippen LogP contribution < -0.4 is 0 Å². The standard InChI is InChI=1S/C14H19NO2S/c1-11(14(16)17)12-9-15(10-12)7-8-18-13-5-3-2-4-6-13/h2-6,11-12H,7-10H2,1H3,(H,16,17). The molecule has 1 heterocycles. The Morgan fingerprint density at radius 2 is 2.11 bits per heavy atom. The summed E-state index contributed by atoms with van der Waals surface area (Å²) in [5.41, 5.74) is 0. The van der Waals surface area contributed by atoms with Crippen molar-refractivity contribution in [3.05, 3.63) is 30.3 Å². The Kier molecular flexibility index (Phi) is 4.66. The number of likely N-dealkylation sites (tertiary alicyclic amines) is 1. The monoisotopic (exact) mass is 265 g/mol. The van der Waals surface area contributed by atoms with E-state index in [4.69, 9.17) is 5.11 Å². The Labute approximate surface area is 112 Å². The van der Waals surface area contributed by atoms with Gasteiger partial charge in [0.1, 0.15) is 0 Å². The summed E-state index contributed by atoms with van der Waals surface area (Å²) in [6, 6.07) is 10.4. The smallest absolute Gasteiger partial charge is 0.306 e. The summed E-state index contributed by atoms with van der Waals surface area (Å²) in [4.78, 5) is 14.4. The van der Waals surface area contributed by atoms with E-state index in [0.717, 1.165) is 25.4 Å². The van der Waals surface area contributed by atoms with Gasteiger partial charge in [0, 0.05) is 30.3 Å². The van der Waals surface area contributed by atoms with Gasteiger partial charge in [-0.15, -0.1) is 11.8 Å². The minimum absolute atomic E-state index is 0.206. The number of hydrogen-bond donors (Lipinski definition) is 1. The van der Waals surface area contributed by atoms with Gasteiger partial charge in [-0.1, -0.05) is 25.1 Å². The third-order valence-electron chi connectivity index (χ3n) is 3.50. The van der Waals surface area contributed by atoms with E-state index in [-0.39, 0.29) is 5.92 Å². The SMILES string of the molecule is CC(C(=O)O)C1CN(CCSc2ccccc2)C1. The molecule has 18 heavy (non-hydrogen) atoms.